The Morgan fingerprint density at radius 2 is 2.14 bits per heavy atom. The van der Waals surface area contributed by atoms with Crippen molar-refractivity contribution in [3.63, 3.8) is 0 Å². The average molecular weight is 217 g/mol. The van der Waals surface area contributed by atoms with Crippen molar-refractivity contribution in [2.45, 2.75) is 38.6 Å². The molecule has 1 aliphatic heterocycles. The van der Waals surface area contributed by atoms with E-state index in [2.05, 4.69) is 24.5 Å². The van der Waals surface area contributed by atoms with Crippen LogP contribution >= 0.6 is 12.6 Å². The van der Waals surface area contributed by atoms with Crippen molar-refractivity contribution in [1.29, 1.82) is 0 Å². The van der Waals surface area contributed by atoms with Crippen LogP contribution in [0.1, 0.15) is 32.6 Å². The standard InChI is InChI=1S/C11H23NOS/c1-10-5-7-12(11(10)9-13)6-3-2-4-8-14/h10-11,13-14H,2-9H2,1H3. The van der Waals surface area contributed by atoms with Gasteiger partial charge in [0.05, 0.1) is 6.61 Å². The normalized spacial score (nSPS) is 28.5. The minimum absolute atomic E-state index is 0.327. The van der Waals surface area contributed by atoms with Gasteiger partial charge in [-0.25, -0.2) is 0 Å². The molecule has 0 aromatic rings. The Morgan fingerprint density at radius 3 is 2.79 bits per heavy atom. The third-order valence-electron chi connectivity index (χ3n) is 3.29. The van der Waals surface area contributed by atoms with Gasteiger partial charge in [0.2, 0.25) is 0 Å². The van der Waals surface area contributed by atoms with Crippen LogP contribution in [0.25, 0.3) is 0 Å². The lowest BCUT2D eigenvalue weighted by Crippen LogP contribution is -2.35. The molecule has 2 nitrogen and oxygen atoms in total. The van der Waals surface area contributed by atoms with Gasteiger partial charge in [-0.15, -0.1) is 0 Å². The predicted molar refractivity (Wildman–Crippen MR) is 63.9 cm³/mol. The number of aliphatic hydroxyl groups excluding tert-OH is 1. The summed E-state index contributed by atoms with van der Waals surface area (Å²) in [6, 6.07) is 0.422. The summed E-state index contributed by atoms with van der Waals surface area (Å²) >= 11 is 4.20. The molecule has 3 heteroatoms. The molecule has 1 aliphatic rings. The van der Waals surface area contributed by atoms with Crippen LogP contribution in [-0.2, 0) is 0 Å². The highest BCUT2D eigenvalue weighted by atomic mass is 32.1. The first-order valence-corrected chi connectivity index (χ1v) is 6.38. The van der Waals surface area contributed by atoms with Gasteiger partial charge in [0.1, 0.15) is 0 Å². The molecule has 0 radical (unpaired) electrons. The second kappa shape index (κ2) is 6.70. The number of nitrogens with zero attached hydrogens (tertiary/aromatic N) is 1. The molecule has 14 heavy (non-hydrogen) atoms. The van der Waals surface area contributed by atoms with Crippen LogP contribution < -0.4 is 0 Å². The minimum Gasteiger partial charge on any atom is -0.395 e. The zero-order valence-corrected chi connectivity index (χ0v) is 10.0. The van der Waals surface area contributed by atoms with E-state index in [9.17, 15) is 5.11 Å². The zero-order chi connectivity index (χ0) is 10.4. The van der Waals surface area contributed by atoms with Crippen LogP contribution in [0.4, 0.5) is 0 Å². The molecule has 0 aromatic heterocycles. The maximum atomic E-state index is 9.26. The van der Waals surface area contributed by atoms with E-state index in [4.69, 9.17) is 0 Å². The first kappa shape index (κ1) is 12.3. The molecule has 2 unspecified atom stereocenters. The fourth-order valence-electron chi connectivity index (χ4n) is 2.26. The number of hydrogen-bond donors (Lipinski definition) is 2. The average Bonchev–Trinajstić information content (AvgIpc) is 2.54. The molecule has 84 valence electrons. The number of thiol groups is 1. The molecule has 0 spiro atoms. The fraction of sp³-hybridized carbons (Fsp3) is 1.00. The van der Waals surface area contributed by atoms with Crippen LogP contribution in [0, 0.1) is 5.92 Å². The summed E-state index contributed by atoms with van der Waals surface area (Å²) in [5, 5.41) is 9.26. The molecule has 0 aliphatic carbocycles. The summed E-state index contributed by atoms with van der Waals surface area (Å²) < 4.78 is 0. The topological polar surface area (TPSA) is 23.5 Å². The highest BCUT2D eigenvalue weighted by Crippen LogP contribution is 2.23. The molecule has 1 N–H and O–H groups in total. The largest absolute Gasteiger partial charge is 0.395 e. The Kier molecular flexibility index (Phi) is 5.90. The molecule has 1 heterocycles. The van der Waals surface area contributed by atoms with Crippen molar-refractivity contribution in [1.82, 2.24) is 4.90 Å². The van der Waals surface area contributed by atoms with E-state index in [-0.39, 0.29) is 0 Å². The van der Waals surface area contributed by atoms with E-state index < -0.39 is 0 Å². The Labute approximate surface area is 93.1 Å². The Hall–Kier alpha value is 0.270. The quantitative estimate of drug-likeness (QED) is 0.523. The predicted octanol–water partition coefficient (Wildman–Crippen LogP) is 1.79. The lowest BCUT2D eigenvalue weighted by molar-refractivity contribution is 0.138. The maximum absolute atomic E-state index is 9.26. The third-order valence-corrected chi connectivity index (χ3v) is 3.60. The van der Waals surface area contributed by atoms with E-state index in [1.807, 2.05) is 0 Å². The number of hydrogen-bond acceptors (Lipinski definition) is 3. The van der Waals surface area contributed by atoms with Gasteiger partial charge < -0.3 is 5.11 Å². The highest BCUT2D eigenvalue weighted by molar-refractivity contribution is 7.80. The van der Waals surface area contributed by atoms with Gasteiger partial charge in [0.15, 0.2) is 0 Å². The van der Waals surface area contributed by atoms with Gasteiger partial charge in [0.25, 0.3) is 0 Å². The Balaban J connectivity index is 2.17. The first-order valence-electron chi connectivity index (χ1n) is 5.75. The van der Waals surface area contributed by atoms with E-state index >= 15 is 0 Å². The van der Waals surface area contributed by atoms with Gasteiger partial charge in [-0.05, 0) is 44.0 Å². The minimum atomic E-state index is 0.327. The van der Waals surface area contributed by atoms with Crippen molar-refractivity contribution in [3.8, 4) is 0 Å². The number of likely N-dealkylation sites (tertiary alicyclic amines) is 1. The van der Waals surface area contributed by atoms with Crippen LogP contribution in [-0.4, -0.2) is 41.5 Å². The van der Waals surface area contributed by atoms with Gasteiger partial charge in [-0.3, -0.25) is 4.90 Å². The lowest BCUT2D eigenvalue weighted by Gasteiger charge is -2.24. The van der Waals surface area contributed by atoms with Crippen molar-refractivity contribution in [2.24, 2.45) is 5.92 Å². The summed E-state index contributed by atoms with van der Waals surface area (Å²) in [5.41, 5.74) is 0. The Bertz CT molecular complexity index is 154. The molecule has 0 saturated carbocycles. The van der Waals surface area contributed by atoms with E-state index in [0.29, 0.717) is 18.6 Å². The second-order valence-corrected chi connectivity index (χ2v) is 4.78. The summed E-state index contributed by atoms with van der Waals surface area (Å²) in [4.78, 5) is 2.45. The summed E-state index contributed by atoms with van der Waals surface area (Å²) in [7, 11) is 0. The molecule has 1 fully saturated rings. The molecule has 1 saturated heterocycles. The smallest absolute Gasteiger partial charge is 0.0589 e. The van der Waals surface area contributed by atoms with E-state index in [0.717, 1.165) is 12.3 Å². The summed E-state index contributed by atoms with van der Waals surface area (Å²) in [5.74, 6) is 1.67. The van der Waals surface area contributed by atoms with Gasteiger partial charge in [-0.1, -0.05) is 13.3 Å². The van der Waals surface area contributed by atoms with Crippen LogP contribution in [0.2, 0.25) is 0 Å². The lowest BCUT2D eigenvalue weighted by atomic mass is 10.0. The van der Waals surface area contributed by atoms with Gasteiger partial charge in [0, 0.05) is 6.04 Å². The molecule has 1 rings (SSSR count). The van der Waals surface area contributed by atoms with Crippen LogP contribution in [0.5, 0.6) is 0 Å². The van der Waals surface area contributed by atoms with Crippen molar-refractivity contribution in [3.05, 3.63) is 0 Å². The third kappa shape index (κ3) is 3.44. The van der Waals surface area contributed by atoms with E-state index in [1.165, 1.54) is 32.2 Å². The van der Waals surface area contributed by atoms with E-state index in [1.54, 1.807) is 0 Å². The summed E-state index contributed by atoms with van der Waals surface area (Å²) in [6.45, 7) is 4.90. The van der Waals surface area contributed by atoms with Crippen molar-refractivity contribution < 1.29 is 5.11 Å². The van der Waals surface area contributed by atoms with Crippen molar-refractivity contribution in [2.75, 3.05) is 25.4 Å². The second-order valence-electron chi connectivity index (χ2n) is 4.34. The highest BCUT2D eigenvalue weighted by Gasteiger charge is 2.29. The van der Waals surface area contributed by atoms with Gasteiger partial charge in [-0.2, -0.15) is 12.6 Å². The maximum Gasteiger partial charge on any atom is 0.0589 e. The SMILES string of the molecule is CC1CCN(CCCCCS)C1CO. The van der Waals surface area contributed by atoms with Crippen LogP contribution in [0.3, 0.4) is 0 Å². The summed E-state index contributed by atoms with van der Waals surface area (Å²) in [6.07, 6.45) is 4.99. The molecule has 0 aromatic carbocycles. The molecular weight excluding hydrogens is 194 g/mol. The molecule has 2 atom stereocenters. The molecule has 0 bridgehead atoms. The first-order chi connectivity index (χ1) is 6.79. The number of aliphatic hydroxyl groups is 1. The van der Waals surface area contributed by atoms with Crippen LogP contribution in [0.15, 0.2) is 0 Å². The van der Waals surface area contributed by atoms with Gasteiger partial charge >= 0.3 is 0 Å². The monoisotopic (exact) mass is 217 g/mol. The molecule has 0 amide bonds. The Morgan fingerprint density at radius 1 is 1.36 bits per heavy atom. The number of rotatable bonds is 6. The molecular formula is C11H23NOS. The number of unbranched alkanes of at least 4 members (excludes halogenated alkanes) is 2. The van der Waals surface area contributed by atoms with Crippen molar-refractivity contribution >= 4 is 12.6 Å². The fourth-order valence-corrected chi connectivity index (χ4v) is 2.49. The zero-order valence-electron chi connectivity index (χ0n) is 9.15.